The molecule has 0 radical (unpaired) electrons. The molecule has 2 aromatic rings. The first-order valence-corrected chi connectivity index (χ1v) is 44.6. The first kappa shape index (κ1) is 107. The number of alkyl carbamates (subject to hydrolysis) is 1. The van der Waals surface area contributed by atoms with Crippen molar-refractivity contribution in [3.05, 3.63) is 71.8 Å². The highest BCUT2D eigenvalue weighted by molar-refractivity contribution is 5.78. The van der Waals surface area contributed by atoms with Gasteiger partial charge in [-0.1, -0.05) is 187 Å². The van der Waals surface area contributed by atoms with E-state index in [1.165, 1.54) is 59.3 Å². The Kier molecular flexibility index (Phi) is 59.0. The van der Waals surface area contributed by atoms with Crippen LogP contribution in [0.2, 0.25) is 0 Å². The quantitative estimate of drug-likeness (QED) is 0.0233. The lowest BCUT2D eigenvalue weighted by molar-refractivity contribution is -0.255. The predicted molar refractivity (Wildman–Crippen MR) is 454 cm³/mol. The largest absolute Gasteiger partial charge is 0.481 e. The molecule has 5 rings (SSSR count). The van der Waals surface area contributed by atoms with E-state index in [9.17, 15) is 43.2 Å². The van der Waals surface area contributed by atoms with Gasteiger partial charge in [0.15, 0.2) is 18.9 Å². The number of hydrogen-bond acceptors (Lipinski definition) is 24. The molecular formula is C92H153N3O25. The molecule has 2 aromatic carbocycles. The van der Waals surface area contributed by atoms with E-state index in [0.717, 1.165) is 101 Å². The maximum absolute atomic E-state index is 12.9. The van der Waals surface area contributed by atoms with Crippen molar-refractivity contribution < 1.29 is 120 Å². The molecule has 0 bridgehead atoms. The molecule has 16 atom stereocenters. The van der Waals surface area contributed by atoms with Crippen molar-refractivity contribution in [2.75, 3.05) is 92.4 Å². The number of nitrogens with one attached hydrogen (secondary N) is 2. The number of nitrogens with two attached hydrogens (primary N) is 1. The van der Waals surface area contributed by atoms with Gasteiger partial charge in [0.2, 0.25) is 5.91 Å². The number of Topliss-reactive ketones (excluding diaryl/α,β-unsaturated/α-hetero) is 1. The van der Waals surface area contributed by atoms with Crippen LogP contribution in [0.15, 0.2) is 60.7 Å². The van der Waals surface area contributed by atoms with Crippen LogP contribution in [-0.2, 0) is 118 Å². The molecule has 28 nitrogen and oxygen atoms in total. The standard InChI is InChI=1S/C59H99NO13.C17H23NO8.C16H31NO4/c1-43-45(3)54(41-69-49(7)61)72-58(47(43)5)67-35-26-17-15-13-11-9-10-12-14-16-22-31-53(63)33-37-66-39-52(38-57(65)71-40-51-28-20-18-21-29-51)30-23-24-32-56(64)60-34-25-19-27-36-68-59-48(6)44(2)46(4)55(73-59)42-70-50(8)62;19-15(20)6-8-24-11-14(12-25-9-7-16(21)22)18-17(23)26-10-13-4-2-1-3-5-13;1-11-12(2)15(10-20-14(4)18)21-16(13(11)3)19-9-7-5-6-8-17/h18,20-21,28-29,43-48,52,54-55,58-59H,9-17,19,22-27,30-42H2,1-8H3,(H,60,64);1-5,14H,6-12H2,(H,18,23)(H,19,20)(H,21,22);11-13,15-16H,5-10,17H2,1-4H3/t43-,44-,45+,46+,47?,48?,52?,54?,55?,58+,59+;;11-,12+,13?,15?,16+/m0.0/s1. The van der Waals surface area contributed by atoms with E-state index in [4.69, 9.17) is 82.3 Å². The predicted octanol–water partition coefficient (Wildman–Crippen LogP) is 15.3. The fraction of sp³-hybridized carbons (Fsp3) is 0.772. The first-order chi connectivity index (χ1) is 57.6. The molecule has 2 amide bonds. The summed E-state index contributed by atoms with van der Waals surface area (Å²) >= 11 is 0. The van der Waals surface area contributed by atoms with E-state index in [1.807, 2.05) is 60.7 Å². The average molecular weight is 1700 g/mol. The summed E-state index contributed by atoms with van der Waals surface area (Å²) in [5.41, 5.74) is 7.24. The van der Waals surface area contributed by atoms with Crippen molar-refractivity contribution >= 4 is 53.6 Å². The van der Waals surface area contributed by atoms with Gasteiger partial charge in [-0.15, -0.1) is 0 Å². The highest BCUT2D eigenvalue weighted by Crippen LogP contribution is 2.39. The van der Waals surface area contributed by atoms with Gasteiger partial charge in [0.05, 0.1) is 76.7 Å². The van der Waals surface area contributed by atoms with Crippen LogP contribution in [0.1, 0.15) is 261 Å². The maximum Gasteiger partial charge on any atom is 0.407 e. The summed E-state index contributed by atoms with van der Waals surface area (Å²) in [6.45, 7) is 28.9. The van der Waals surface area contributed by atoms with Crippen LogP contribution in [0.5, 0.6) is 0 Å². The molecule has 0 aliphatic carbocycles. The Balaban J connectivity index is 0.000000636. The Morgan fingerprint density at radius 1 is 0.400 bits per heavy atom. The number of carbonyl (C=O) groups is 9. The number of ether oxygens (including phenoxy) is 14. The van der Waals surface area contributed by atoms with E-state index in [0.29, 0.717) is 113 Å². The van der Waals surface area contributed by atoms with E-state index in [2.05, 4.69) is 72.9 Å². The number of carboxylic acid groups (broad SMARTS) is 2. The summed E-state index contributed by atoms with van der Waals surface area (Å²) in [5.74, 6) is 0.0925. The number of rotatable bonds is 61. The van der Waals surface area contributed by atoms with Crippen LogP contribution in [0.25, 0.3) is 0 Å². The molecule has 7 unspecified atom stereocenters. The van der Waals surface area contributed by atoms with Crippen molar-refractivity contribution in [1.82, 2.24) is 10.6 Å². The minimum atomic E-state index is -0.991. The number of unbranched alkanes of at least 4 members (excludes halogenated alkanes) is 15. The maximum atomic E-state index is 12.9. The highest BCUT2D eigenvalue weighted by Gasteiger charge is 2.43. The zero-order chi connectivity index (χ0) is 88.2. The van der Waals surface area contributed by atoms with Crippen LogP contribution in [0, 0.1) is 59.2 Å². The molecule has 0 spiro atoms. The molecular weight excluding hydrogens is 1550 g/mol. The Labute approximate surface area is 716 Å². The van der Waals surface area contributed by atoms with Crippen molar-refractivity contribution in [3.63, 3.8) is 0 Å². The number of esters is 4. The third kappa shape index (κ3) is 50.1. The lowest BCUT2D eigenvalue weighted by Gasteiger charge is -2.43. The minimum Gasteiger partial charge on any atom is -0.481 e. The number of aliphatic carboxylic acids is 2. The van der Waals surface area contributed by atoms with Crippen LogP contribution < -0.4 is 16.4 Å². The SMILES string of the molecule is CC(=O)OCC1O[C@@H](OCCCCCCCCCCCCCC(=O)CCOCC(CCCCC(=O)NCCCCCO[C@@H]2OC(COC(C)=O)[C@H](C)[C@H](C)C2C)CC(=O)OCc2ccccc2)C(C)[C@@H](C)[C@H]1C.CC(=O)OCC1O[C@@H](OCCCCCN)C(C)[C@@H](C)[C@H]1C.O=C(O)CCOCC(COCCC(=O)O)NC(=O)OCc1ccccc1. The van der Waals surface area contributed by atoms with Gasteiger partial charge in [-0.25, -0.2) is 4.79 Å². The molecule has 3 fully saturated rings. The van der Waals surface area contributed by atoms with Crippen LogP contribution in [-0.4, -0.2) is 199 Å². The average Bonchev–Trinajstić information content (AvgIpc) is 0.828. The second-order valence-corrected chi connectivity index (χ2v) is 32.9. The van der Waals surface area contributed by atoms with E-state index in [-0.39, 0.29) is 163 Å². The number of carboxylic acids is 2. The normalized spacial score (nSPS) is 22.9. The lowest BCUT2D eigenvalue weighted by Crippen LogP contribution is -2.47. The third-order valence-corrected chi connectivity index (χ3v) is 23.2. The number of carbonyl (C=O) groups excluding carboxylic acids is 7. The molecule has 0 aromatic heterocycles. The summed E-state index contributed by atoms with van der Waals surface area (Å²) in [6.07, 6.45) is 20.0. The summed E-state index contributed by atoms with van der Waals surface area (Å²) in [6, 6.07) is 18.2. The second-order valence-electron chi connectivity index (χ2n) is 32.9. The van der Waals surface area contributed by atoms with Crippen molar-refractivity contribution in [1.29, 1.82) is 0 Å². The summed E-state index contributed by atoms with van der Waals surface area (Å²) < 4.78 is 79.2. The first-order valence-electron chi connectivity index (χ1n) is 44.6. The van der Waals surface area contributed by atoms with Gasteiger partial charge in [0.25, 0.3) is 0 Å². The Morgan fingerprint density at radius 2 is 0.775 bits per heavy atom. The third-order valence-electron chi connectivity index (χ3n) is 23.2. The molecule has 120 heavy (non-hydrogen) atoms. The van der Waals surface area contributed by atoms with Crippen molar-refractivity contribution in [2.45, 2.75) is 306 Å². The summed E-state index contributed by atoms with van der Waals surface area (Å²) in [5, 5.41) is 22.8. The van der Waals surface area contributed by atoms with Crippen LogP contribution in [0.3, 0.4) is 0 Å². The van der Waals surface area contributed by atoms with Gasteiger partial charge < -0.3 is 92.9 Å². The number of hydrogen-bond donors (Lipinski definition) is 5. The lowest BCUT2D eigenvalue weighted by atomic mass is 9.79. The fourth-order valence-electron chi connectivity index (χ4n) is 14.3. The van der Waals surface area contributed by atoms with Crippen molar-refractivity contribution in [3.8, 4) is 0 Å². The Morgan fingerprint density at radius 3 is 1.19 bits per heavy atom. The zero-order valence-corrected chi connectivity index (χ0v) is 74.6. The monoisotopic (exact) mass is 1700 g/mol. The van der Waals surface area contributed by atoms with Gasteiger partial charge in [0, 0.05) is 90.8 Å². The number of ketones is 1. The minimum absolute atomic E-state index is 0.0122. The smallest absolute Gasteiger partial charge is 0.407 e. The van der Waals surface area contributed by atoms with Gasteiger partial charge in [-0.3, -0.25) is 38.4 Å². The zero-order valence-electron chi connectivity index (χ0n) is 74.6. The summed E-state index contributed by atoms with van der Waals surface area (Å²) in [7, 11) is 0. The molecule has 6 N–H and O–H groups in total. The number of benzene rings is 2. The van der Waals surface area contributed by atoms with Gasteiger partial charge in [-0.2, -0.15) is 0 Å². The molecule has 0 saturated carbocycles. The van der Waals surface area contributed by atoms with E-state index < -0.39 is 24.1 Å². The molecule has 28 heteroatoms. The van der Waals surface area contributed by atoms with Crippen LogP contribution in [0.4, 0.5) is 4.79 Å². The molecule has 3 aliphatic rings. The topological polar surface area (TPSA) is 373 Å². The molecule has 3 aliphatic heterocycles. The Hall–Kier alpha value is -6.73. The van der Waals surface area contributed by atoms with E-state index >= 15 is 0 Å². The highest BCUT2D eigenvalue weighted by atomic mass is 16.7. The van der Waals surface area contributed by atoms with Gasteiger partial charge >= 0.3 is 41.9 Å². The molecule has 3 heterocycles. The summed E-state index contributed by atoms with van der Waals surface area (Å²) in [4.78, 5) is 105. The molecule has 3 saturated heterocycles. The van der Waals surface area contributed by atoms with Crippen molar-refractivity contribution in [2.24, 2.45) is 64.9 Å². The van der Waals surface area contributed by atoms with Gasteiger partial charge in [0.1, 0.15) is 38.8 Å². The Bertz CT molecular complexity index is 3060. The van der Waals surface area contributed by atoms with Crippen LogP contribution >= 0.6 is 0 Å². The fourth-order valence-corrected chi connectivity index (χ4v) is 14.3. The van der Waals surface area contributed by atoms with E-state index in [1.54, 1.807) is 0 Å². The number of amides is 2. The second kappa shape index (κ2) is 65.9. The molecule has 686 valence electrons. The van der Waals surface area contributed by atoms with Gasteiger partial charge in [-0.05, 0) is 123 Å².